The highest BCUT2D eigenvalue weighted by molar-refractivity contribution is 7.86. The molecule has 14 N–H and O–H groups in total. The second-order valence-electron chi connectivity index (χ2n) is 29.0. The standard InChI is InChI=1S/C21H22Cl2N6O5.C18H20Cl2N6O4.C14H11Cl3N4O3.C6H12O4S.C4H6N6O.C4H10N2O.C4H8O3.C4H6O.C3H3ClO.2CH4/c1-4-15(30)25-11-8-34-9-12(11)26-20-24-6-10-7-29(21(31)28-19(10)27-20)18-16(22)13(32-2)5-14(33-3)17(18)23;1-28-11-3-12(29-2)14(20)15(13(11)19)26-5-8-4-22-17(24-16(8)25-18(26)27)23-10-7-30-6-9(10)21;1-23-7-3-8(24-2)10(16)11(9(7)15)21-5-6-4-18-13(17)19-12(6)20-14(21)22;1-5-3-9-4-6(5)10-11(2,7)8;5-9-7-3-1-11-2-4(3)8-10-6;2*5-3-1-7-2-4(3)6;1-2-4-5-3-1;1-2-3(4)5;;/h4-6,11-12H,1,7-9H2,2-3H3,(H,25,30)(H2,24,26,27,28,31);3-4,9-10H,5-7,21H2,1-2H3,(H2,22,23,24,25,27);3-4H,5H2,1-2H3,(H,18,19,20,22);5-6H,3-4H2,1-2H3;3-4H,1-2H2;3-4H,1-2,5-6H2;3-6H,1-2H2;1-2H,3-4H2;2H,1H2;2*1H4. The van der Waals surface area contributed by atoms with Crippen LogP contribution in [0, 0.1) is 5.92 Å². The summed E-state index contributed by atoms with van der Waals surface area (Å²) in [5, 5.41) is 41.9. The van der Waals surface area contributed by atoms with Gasteiger partial charge in [-0.05, 0) is 46.4 Å². The first-order valence-electron chi connectivity index (χ1n) is 39.8. The minimum atomic E-state index is -3.32. The molecule has 6 saturated heterocycles. The molecule has 0 saturated carbocycles. The van der Waals surface area contributed by atoms with Gasteiger partial charge >= 0.3 is 18.1 Å². The number of ether oxygens (including phenoxy) is 13. The molecule has 13 heterocycles. The molecule has 47 nitrogen and oxygen atoms in total. The maximum absolute atomic E-state index is 13.0. The lowest BCUT2D eigenvalue weighted by Gasteiger charge is -2.31. The number of hydrogen-bond donors (Lipinski definition) is 11. The molecule has 16 rings (SSSR count). The number of aliphatic hydroxyl groups excluding tert-OH is 2. The molecule has 10 aliphatic rings. The van der Waals surface area contributed by atoms with E-state index in [1.807, 2.05) is 19.1 Å². The van der Waals surface area contributed by atoms with Crippen LogP contribution in [0.1, 0.15) is 38.5 Å². The van der Waals surface area contributed by atoms with E-state index in [9.17, 15) is 32.4 Å². The molecule has 3 aromatic carbocycles. The van der Waals surface area contributed by atoms with Crippen molar-refractivity contribution in [2.45, 2.75) is 108 Å². The summed E-state index contributed by atoms with van der Waals surface area (Å²) in [4.78, 5) is 94.2. The van der Waals surface area contributed by atoms with Crippen LogP contribution >= 0.6 is 92.8 Å². The van der Waals surface area contributed by atoms with Crippen LogP contribution in [0.4, 0.5) is 60.8 Å². The third-order valence-corrected chi connectivity index (χ3v) is 22.9. The Balaban J connectivity index is 0.000000254. The number of nitrogens with one attached hydrogen (secondary N) is 6. The fourth-order valence-corrected chi connectivity index (χ4v) is 15.5. The summed E-state index contributed by atoms with van der Waals surface area (Å²) >= 11 is 49.0. The number of hydrogen-bond acceptors (Lipinski definition) is 36. The Labute approximate surface area is 822 Å². The van der Waals surface area contributed by atoms with E-state index in [1.165, 1.54) is 69.6 Å². The van der Waals surface area contributed by atoms with Gasteiger partial charge in [0.1, 0.15) is 100 Å². The highest BCUT2D eigenvalue weighted by Gasteiger charge is 2.38. The number of nitrogens with zero attached hydrogens (tertiary/aromatic N) is 15. The number of fused-ring (bicyclic) bond motifs is 3. The van der Waals surface area contributed by atoms with Crippen LogP contribution < -0.4 is 92.2 Å². The monoisotopic (exact) mass is 2080 g/mol. The summed E-state index contributed by atoms with van der Waals surface area (Å²) in [5.74, 6) is 3.53. The van der Waals surface area contributed by atoms with Crippen molar-refractivity contribution in [3.8, 4) is 34.5 Å². The number of urea groups is 3. The average molecular weight is 2090 g/mol. The number of amides is 7. The van der Waals surface area contributed by atoms with Crippen molar-refractivity contribution in [3.05, 3.63) is 147 Å². The van der Waals surface area contributed by atoms with Crippen molar-refractivity contribution in [3.63, 3.8) is 0 Å². The predicted octanol–water partition coefficient (Wildman–Crippen LogP) is 10.9. The fraction of sp³-hybridized carbons (Fsp3) is 0.487. The second kappa shape index (κ2) is 56.0. The van der Waals surface area contributed by atoms with Crippen LogP contribution in [0.3, 0.4) is 0 Å². The molecule has 56 heteroatoms. The van der Waals surface area contributed by atoms with Gasteiger partial charge in [0.15, 0.2) is 0 Å². The van der Waals surface area contributed by atoms with E-state index in [1.54, 1.807) is 30.6 Å². The number of allylic oxidation sites excluding steroid dienone is 1. The normalized spacial score (nSPS) is 22.0. The molecular formula is C80H106Cl8N24O23S. The number of carbonyl (C=O) groups is 5. The summed E-state index contributed by atoms with van der Waals surface area (Å²) in [6, 6.07) is 1.94. The van der Waals surface area contributed by atoms with Gasteiger partial charge in [0.2, 0.25) is 28.3 Å². The Morgan fingerprint density at radius 3 is 1.16 bits per heavy atom. The summed E-state index contributed by atoms with van der Waals surface area (Å²) in [7, 11) is 5.43. The first-order chi connectivity index (χ1) is 64.0. The van der Waals surface area contributed by atoms with E-state index in [-0.39, 0.29) is 172 Å². The van der Waals surface area contributed by atoms with Crippen molar-refractivity contribution in [2.75, 3.05) is 183 Å². The number of rotatable bonds is 20. The lowest BCUT2D eigenvalue weighted by molar-refractivity contribution is -0.117. The Bertz CT molecular complexity index is 5220. The predicted molar refractivity (Wildman–Crippen MR) is 512 cm³/mol. The third-order valence-electron chi connectivity index (χ3n) is 19.7. The Hall–Kier alpha value is -10.2. The molecule has 3 aromatic heterocycles. The maximum Gasteiger partial charge on any atom is 0.327 e. The van der Waals surface area contributed by atoms with E-state index in [0.717, 1.165) is 25.5 Å². The van der Waals surface area contributed by atoms with Crippen LogP contribution in [-0.2, 0) is 76.7 Å². The summed E-state index contributed by atoms with van der Waals surface area (Å²) in [5.41, 5.74) is 35.8. The van der Waals surface area contributed by atoms with Gasteiger partial charge in [-0.3, -0.25) is 44.4 Å². The number of benzene rings is 3. The molecule has 746 valence electrons. The van der Waals surface area contributed by atoms with E-state index in [4.69, 9.17) is 192 Å². The number of methoxy groups -OCH3 is 6. The molecule has 10 aliphatic heterocycles. The largest absolute Gasteiger partial charge is 0.495 e. The van der Waals surface area contributed by atoms with Gasteiger partial charge in [0.05, 0.1) is 214 Å². The van der Waals surface area contributed by atoms with Crippen LogP contribution in [0.25, 0.3) is 20.9 Å². The van der Waals surface area contributed by atoms with Crippen molar-refractivity contribution >= 4 is 179 Å². The van der Waals surface area contributed by atoms with Crippen LogP contribution in [0.15, 0.2) is 84.5 Å². The summed E-state index contributed by atoms with van der Waals surface area (Å²) in [6.07, 6.45) is 10.5. The first-order valence-corrected chi connectivity index (χ1v) is 44.7. The molecule has 0 radical (unpaired) electrons. The minimum Gasteiger partial charge on any atom is -0.495 e. The molecule has 12 unspecified atom stereocenters. The molecule has 6 aromatic rings. The third kappa shape index (κ3) is 32.2. The number of nitrogens with two attached hydrogens (primary N) is 3. The Kier molecular flexibility index (Phi) is 47.2. The average Bonchev–Trinajstić information content (AvgIpc) is 1.22. The number of aliphatic hydroxyl groups is 2. The van der Waals surface area contributed by atoms with Gasteiger partial charge in [-0.15, -0.1) is 0 Å². The minimum absolute atomic E-state index is 0. The van der Waals surface area contributed by atoms with Crippen LogP contribution in [0.2, 0.25) is 35.4 Å². The Morgan fingerprint density at radius 1 is 0.515 bits per heavy atom. The van der Waals surface area contributed by atoms with Crippen molar-refractivity contribution < 1.29 is 108 Å². The second-order valence-corrected chi connectivity index (χ2v) is 33.6. The summed E-state index contributed by atoms with van der Waals surface area (Å²) < 4.78 is 92.8. The lowest BCUT2D eigenvalue weighted by Crippen LogP contribution is -2.45. The molecule has 12 atom stereocenters. The number of halogens is 8. The number of carbonyl (C=O) groups excluding carboxylic acids is 5. The number of azide groups is 2. The summed E-state index contributed by atoms with van der Waals surface area (Å²) in [6.45, 7) is 15.6. The van der Waals surface area contributed by atoms with Gasteiger partial charge in [0.25, 0.3) is 10.1 Å². The maximum atomic E-state index is 13.0. The smallest absolute Gasteiger partial charge is 0.327 e. The van der Waals surface area contributed by atoms with Crippen molar-refractivity contribution in [1.29, 1.82) is 0 Å². The van der Waals surface area contributed by atoms with Gasteiger partial charge in [-0.2, -0.15) is 23.4 Å². The molecule has 0 aliphatic carbocycles. The van der Waals surface area contributed by atoms with Gasteiger partial charge < -0.3 is 105 Å². The highest BCUT2D eigenvalue weighted by atomic mass is 35.5. The van der Waals surface area contributed by atoms with E-state index in [0.29, 0.717) is 141 Å². The topological polar surface area (TPSA) is 624 Å². The van der Waals surface area contributed by atoms with E-state index >= 15 is 0 Å². The number of aromatic nitrogens is 6. The SMILES string of the molecule is C.C.C1=CCOC1.C=CC(=O)Cl.C=CC(=O)NC1COCC1Nc1ncc2c(n1)NC(=O)N(c1c(Cl)c(OC)cc(OC)c1Cl)C2.CC1COCC1OS(C)(=O)=O.COc1cc(OC)c(Cl)c(N2Cc3cnc(Cl)nc3NC2=O)c1Cl.COc1cc(OC)c(Cl)c(N2Cc3cnc(NC4COCC4N)nc3NC2=O)c1Cl.NC1COCC1N.OC1COCC1O.[N-]=[N+]=NC1COCC1N=[N+]=[N-]. The molecule has 0 spiro atoms. The van der Waals surface area contributed by atoms with Crippen molar-refractivity contribution in [2.24, 2.45) is 33.3 Å². The van der Waals surface area contributed by atoms with Crippen molar-refractivity contribution in [1.82, 2.24) is 35.2 Å². The van der Waals surface area contributed by atoms with Gasteiger partial charge in [0, 0.05) is 81.3 Å². The van der Waals surface area contributed by atoms with Crippen LogP contribution in [-0.4, -0.2) is 286 Å². The van der Waals surface area contributed by atoms with Gasteiger partial charge in [-0.25, -0.2) is 29.3 Å². The first kappa shape index (κ1) is 115. The molecule has 136 heavy (non-hydrogen) atoms. The molecule has 0 bridgehead atoms. The Morgan fingerprint density at radius 2 is 0.853 bits per heavy atom. The number of anilines is 8. The zero-order valence-corrected chi connectivity index (χ0v) is 79.8. The van der Waals surface area contributed by atoms with Gasteiger partial charge in [-0.1, -0.05) is 127 Å². The zero-order chi connectivity index (χ0) is 98.2. The fourth-order valence-electron chi connectivity index (χ4n) is 12.6. The highest BCUT2D eigenvalue weighted by Crippen LogP contribution is 2.51. The molecule has 6 fully saturated rings. The van der Waals surface area contributed by atoms with Crippen LogP contribution in [0.5, 0.6) is 34.5 Å². The molecule has 7 amide bonds. The lowest BCUT2D eigenvalue weighted by atomic mass is 10.1. The van der Waals surface area contributed by atoms with E-state index < -0.39 is 45.7 Å². The zero-order valence-electron chi connectivity index (χ0n) is 73.0. The quantitative estimate of drug-likeness (QED) is 0.00494. The van der Waals surface area contributed by atoms with E-state index in [2.05, 4.69) is 99.8 Å². The molecular weight excluding hydrogens is 1980 g/mol.